The summed E-state index contributed by atoms with van der Waals surface area (Å²) in [4.78, 5) is 6.66. The summed E-state index contributed by atoms with van der Waals surface area (Å²) in [6.07, 6.45) is 3.44. The first-order chi connectivity index (χ1) is 14.9. The molecule has 0 aliphatic carbocycles. The third-order valence-electron chi connectivity index (χ3n) is 0.635. The predicted octanol–water partition coefficient (Wildman–Crippen LogP) is 8.52. The standard InChI is InChI=1S/C4H6N2.6BF4/c1-4-2-5-3-6-4;6*2-1(3,4)5/h2-3H,1H3,(H,5,6);;;;;;/q;6*-1. The topological polar surface area (TPSA) is 28.7 Å². The number of nitrogens with zero attached hydrogens (tertiary/aromatic N) is 1. The smallest absolute Gasteiger partial charge is 0.418 e. The minimum absolute atomic E-state index is 1.11. The van der Waals surface area contributed by atoms with Crippen LogP contribution in [0.15, 0.2) is 12.5 Å². The molecule has 1 rings (SSSR count). The first kappa shape index (κ1) is 47.2. The van der Waals surface area contributed by atoms with Crippen molar-refractivity contribution in [2.75, 3.05) is 0 Å². The summed E-state index contributed by atoms with van der Waals surface area (Å²) in [5.41, 5.74) is 1.11. The van der Waals surface area contributed by atoms with Gasteiger partial charge in [-0.15, -0.1) is 0 Å². The summed E-state index contributed by atoms with van der Waals surface area (Å²) in [6.45, 7) is 1.97. The van der Waals surface area contributed by atoms with Gasteiger partial charge < -0.3 is 109 Å². The van der Waals surface area contributed by atoms with Gasteiger partial charge in [-0.25, -0.2) is 4.98 Å². The van der Waals surface area contributed by atoms with E-state index in [9.17, 15) is 104 Å². The lowest BCUT2D eigenvalue weighted by Gasteiger charge is -1.94. The Hall–Kier alpha value is -2.08. The van der Waals surface area contributed by atoms with Crippen LogP contribution in [0.25, 0.3) is 0 Å². The molecule has 0 saturated carbocycles. The lowest BCUT2D eigenvalue weighted by atomic mass is 10.3. The number of nitrogens with one attached hydrogen (secondary N) is 1. The van der Waals surface area contributed by atoms with Crippen LogP contribution in [0.5, 0.6) is 0 Å². The number of imidazole rings is 1. The highest BCUT2D eigenvalue weighted by Crippen LogP contribution is 2.09. The fourth-order valence-corrected chi connectivity index (χ4v) is 0.325. The lowest BCUT2D eigenvalue weighted by Crippen LogP contribution is -2.02. The zero-order valence-corrected chi connectivity index (χ0v) is 16.1. The fourth-order valence-electron chi connectivity index (χ4n) is 0.325. The molecule has 1 aromatic heterocycles. The van der Waals surface area contributed by atoms with E-state index in [-0.39, 0.29) is 0 Å². The maximum absolute atomic E-state index is 9.75. The first-order valence-electron chi connectivity index (χ1n) is 7.08. The maximum atomic E-state index is 9.75. The zero-order chi connectivity index (χ0) is 31.4. The molecule has 0 atom stereocenters. The van der Waals surface area contributed by atoms with E-state index in [4.69, 9.17) is 0 Å². The van der Waals surface area contributed by atoms with E-state index in [2.05, 4.69) is 9.97 Å². The van der Waals surface area contributed by atoms with Crippen molar-refractivity contribution in [3.05, 3.63) is 18.2 Å². The van der Waals surface area contributed by atoms with Gasteiger partial charge >= 0.3 is 43.5 Å². The van der Waals surface area contributed by atoms with Gasteiger partial charge in [0.05, 0.1) is 6.33 Å². The number of aryl methyl sites for hydroxylation is 1. The molecule has 0 aliphatic heterocycles. The third-order valence-corrected chi connectivity index (χ3v) is 0.635. The van der Waals surface area contributed by atoms with Gasteiger partial charge in [-0.3, -0.25) is 0 Å². The number of rotatable bonds is 0. The number of halogens is 24. The minimum Gasteiger partial charge on any atom is -0.418 e. The number of aromatic amines is 1. The lowest BCUT2D eigenvalue weighted by molar-refractivity contribution is 0.366. The Morgan fingerprint density at radius 2 is 0.556 bits per heavy atom. The van der Waals surface area contributed by atoms with Crippen molar-refractivity contribution in [3.8, 4) is 0 Å². The van der Waals surface area contributed by atoms with Crippen LogP contribution in [0.4, 0.5) is 104 Å². The second-order valence-corrected chi connectivity index (χ2v) is 4.20. The van der Waals surface area contributed by atoms with Crippen molar-refractivity contribution in [1.29, 1.82) is 0 Å². The molecule has 1 heterocycles. The highest BCUT2D eigenvalue weighted by Gasteiger charge is 2.22. The molecule has 0 aliphatic rings. The van der Waals surface area contributed by atoms with Gasteiger partial charge in [-0.2, -0.15) is 0 Å². The summed E-state index contributed by atoms with van der Waals surface area (Å²) in [6, 6.07) is 0. The van der Waals surface area contributed by atoms with Gasteiger partial charge in [0.1, 0.15) is 0 Å². The molecular formula is C4H6B6F24N2-6. The fraction of sp³-hybridized carbons (Fsp3) is 0.250. The molecule has 0 amide bonds. The van der Waals surface area contributed by atoms with Crippen molar-refractivity contribution in [2.45, 2.75) is 6.92 Å². The molecule has 1 N–H and O–H groups in total. The molecule has 0 saturated heterocycles. The van der Waals surface area contributed by atoms with E-state index < -0.39 is 43.5 Å². The summed E-state index contributed by atoms with van der Waals surface area (Å²) in [5, 5.41) is 0. The summed E-state index contributed by atoms with van der Waals surface area (Å²) in [7, 11) is -36.0. The molecule has 0 unspecified atom stereocenters. The average molecular weight is 603 g/mol. The number of hydrogen-bond donors (Lipinski definition) is 1. The Bertz CT molecular complexity index is 433. The molecule has 0 aromatic carbocycles. The van der Waals surface area contributed by atoms with E-state index in [0.717, 1.165) is 5.69 Å². The van der Waals surface area contributed by atoms with Gasteiger partial charge in [0.25, 0.3) is 0 Å². The average Bonchev–Trinajstić information content (AvgIpc) is 2.76. The highest BCUT2D eigenvalue weighted by molar-refractivity contribution is 6.51. The summed E-state index contributed by atoms with van der Waals surface area (Å²) in [5.74, 6) is 0. The van der Waals surface area contributed by atoms with Crippen LogP contribution >= 0.6 is 0 Å². The minimum atomic E-state index is -6.00. The summed E-state index contributed by atoms with van der Waals surface area (Å²) < 4.78 is 234. The number of aromatic nitrogens is 2. The van der Waals surface area contributed by atoms with Gasteiger partial charge in [-0.1, -0.05) is 0 Å². The van der Waals surface area contributed by atoms with E-state index in [1.54, 1.807) is 12.5 Å². The number of H-pyrrole nitrogens is 1. The van der Waals surface area contributed by atoms with Gasteiger partial charge in [0.15, 0.2) is 0 Å². The van der Waals surface area contributed by atoms with E-state index in [1.807, 2.05) is 6.92 Å². The molecule has 0 fully saturated rings. The Balaban J connectivity index is -0.0000000731. The molecular weight excluding hydrogens is 597 g/mol. The SMILES string of the molecule is Cc1cnc[nH]1.F[B-](F)(F)F.F[B-](F)(F)F.F[B-](F)(F)F.F[B-](F)(F)F.F[B-](F)(F)F.F[B-](F)(F)F. The largest absolute Gasteiger partial charge is 0.673 e. The molecule has 36 heavy (non-hydrogen) atoms. The molecule has 224 valence electrons. The van der Waals surface area contributed by atoms with Crippen LogP contribution in [0.3, 0.4) is 0 Å². The van der Waals surface area contributed by atoms with Crippen LogP contribution in [0.2, 0.25) is 0 Å². The summed E-state index contributed by atoms with van der Waals surface area (Å²) >= 11 is 0. The van der Waals surface area contributed by atoms with Crippen LogP contribution < -0.4 is 0 Å². The third kappa shape index (κ3) is 1260. The molecule has 0 bridgehead atoms. The van der Waals surface area contributed by atoms with Crippen LogP contribution in [0.1, 0.15) is 5.69 Å². The Morgan fingerprint density at radius 1 is 0.417 bits per heavy atom. The van der Waals surface area contributed by atoms with Crippen LogP contribution in [0, 0.1) is 6.92 Å². The predicted molar refractivity (Wildman–Crippen MR) is 84.4 cm³/mol. The quantitative estimate of drug-likeness (QED) is 0.234. The van der Waals surface area contributed by atoms with Crippen molar-refractivity contribution in [2.24, 2.45) is 0 Å². The van der Waals surface area contributed by atoms with Crippen molar-refractivity contribution in [1.82, 2.24) is 9.97 Å². The van der Waals surface area contributed by atoms with Gasteiger partial charge in [0.2, 0.25) is 0 Å². The first-order valence-corrected chi connectivity index (χ1v) is 7.08. The van der Waals surface area contributed by atoms with E-state index >= 15 is 0 Å². The van der Waals surface area contributed by atoms with Gasteiger partial charge in [-0.05, 0) is 6.92 Å². The van der Waals surface area contributed by atoms with Gasteiger partial charge in [0, 0.05) is 11.9 Å². The molecule has 2 nitrogen and oxygen atoms in total. The molecule has 0 radical (unpaired) electrons. The number of hydrogen-bond acceptors (Lipinski definition) is 1. The van der Waals surface area contributed by atoms with Crippen molar-refractivity contribution < 1.29 is 104 Å². The highest BCUT2D eigenvalue weighted by atomic mass is 19.5. The van der Waals surface area contributed by atoms with Crippen LogP contribution in [-0.2, 0) is 0 Å². The van der Waals surface area contributed by atoms with Crippen molar-refractivity contribution in [3.63, 3.8) is 0 Å². The van der Waals surface area contributed by atoms with E-state index in [1.165, 1.54) is 0 Å². The maximum Gasteiger partial charge on any atom is 0.673 e. The Morgan fingerprint density at radius 3 is 0.583 bits per heavy atom. The van der Waals surface area contributed by atoms with Crippen molar-refractivity contribution >= 4 is 43.5 Å². The molecule has 32 heteroatoms. The normalized spacial score (nSPS) is 11.5. The monoisotopic (exact) mass is 604 g/mol. The molecule has 1 aromatic rings. The second kappa shape index (κ2) is 20.0. The van der Waals surface area contributed by atoms with Crippen LogP contribution in [-0.4, -0.2) is 53.5 Å². The molecule has 0 spiro atoms. The zero-order valence-electron chi connectivity index (χ0n) is 16.1. The Labute approximate surface area is 183 Å². The Kier molecular flexibility index (Phi) is 26.2. The van der Waals surface area contributed by atoms with E-state index in [0.29, 0.717) is 0 Å². The second-order valence-electron chi connectivity index (χ2n) is 4.20.